The lowest BCUT2D eigenvalue weighted by atomic mass is 10.1. The van der Waals surface area contributed by atoms with Crippen molar-refractivity contribution < 1.29 is 9.53 Å². The number of anilines is 1. The van der Waals surface area contributed by atoms with Gasteiger partial charge in [-0.05, 0) is 31.5 Å². The number of rotatable bonds is 8. The first-order valence-corrected chi connectivity index (χ1v) is 9.82. The van der Waals surface area contributed by atoms with Crippen molar-refractivity contribution in [3.8, 4) is 0 Å². The first-order chi connectivity index (χ1) is 14.8. The zero-order valence-corrected chi connectivity index (χ0v) is 18.4. The van der Waals surface area contributed by atoms with Crippen LogP contribution in [0.25, 0.3) is 0 Å². The van der Waals surface area contributed by atoms with Crippen LogP contribution in [0.2, 0.25) is 0 Å². The maximum Gasteiger partial charge on any atom is 0.352 e. The van der Waals surface area contributed by atoms with Crippen LogP contribution in [0.5, 0.6) is 0 Å². The number of amides is 2. The molecular formula is C21H30N8O2. The van der Waals surface area contributed by atoms with E-state index in [2.05, 4.69) is 21.9 Å². The highest BCUT2D eigenvalue weighted by molar-refractivity contribution is 5.97. The number of carbonyl (C=O) groups excluding carboxylic acids is 1. The largest absolute Gasteiger partial charge is 0.475 e. The summed E-state index contributed by atoms with van der Waals surface area (Å²) in [5.74, 6) is 12.0. The lowest BCUT2D eigenvalue weighted by Crippen LogP contribution is -2.49. The Morgan fingerprint density at radius 2 is 2.06 bits per heavy atom. The summed E-state index contributed by atoms with van der Waals surface area (Å²) in [6.07, 6.45) is 4.01. The zero-order chi connectivity index (χ0) is 23.0. The smallest absolute Gasteiger partial charge is 0.352 e. The fourth-order valence-electron chi connectivity index (χ4n) is 2.82. The number of hydrazine groups is 2. The second kappa shape index (κ2) is 11.0. The third-order valence-corrected chi connectivity index (χ3v) is 4.54. The van der Waals surface area contributed by atoms with Crippen LogP contribution < -0.4 is 16.7 Å². The standard InChI is InChI=1S/C21H30N8O2/c1-6-13-28-18(11-12-24-28)16(4)25-26-20(7-2)31-14-17-15(3)9-8-10-19(17)29(23)21(30)27(5)22/h6,8-12H,1,7,13-14,22-23H2,2-5H3/b25-16+,26-20?. The quantitative estimate of drug-likeness (QED) is 0.168. The van der Waals surface area contributed by atoms with Crippen LogP contribution in [0.15, 0.2) is 53.3 Å². The lowest BCUT2D eigenvalue weighted by Gasteiger charge is -2.24. The molecule has 0 aliphatic rings. The van der Waals surface area contributed by atoms with Crippen molar-refractivity contribution in [2.45, 2.75) is 40.3 Å². The van der Waals surface area contributed by atoms with E-state index in [0.717, 1.165) is 26.8 Å². The number of hydrogen-bond acceptors (Lipinski definition) is 7. The number of ether oxygens (including phenoxy) is 1. The minimum absolute atomic E-state index is 0.174. The maximum atomic E-state index is 12.2. The third kappa shape index (κ3) is 6.00. The van der Waals surface area contributed by atoms with E-state index < -0.39 is 6.03 Å². The summed E-state index contributed by atoms with van der Waals surface area (Å²) in [7, 11) is 1.43. The number of urea groups is 1. The molecule has 0 aliphatic carbocycles. The van der Waals surface area contributed by atoms with E-state index in [9.17, 15) is 4.79 Å². The molecule has 0 saturated heterocycles. The Balaban J connectivity index is 2.21. The summed E-state index contributed by atoms with van der Waals surface area (Å²) in [6.45, 7) is 10.2. The number of aromatic nitrogens is 2. The summed E-state index contributed by atoms with van der Waals surface area (Å²) in [6, 6.07) is 6.78. The van der Waals surface area contributed by atoms with Crippen molar-refractivity contribution in [1.29, 1.82) is 0 Å². The summed E-state index contributed by atoms with van der Waals surface area (Å²) in [5, 5.41) is 14.7. The van der Waals surface area contributed by atoms with Gasteiger partial charge in [-0.2, -0.15) is 10.2 Å². The molecule has 2 aromatic rings. The number of nitrogens with zero attached hydrogens (tertiary/aromatic N) is 6. The van der Waals surface area contributed by atoms with Crippen LogP contribution in [0.4, 0.5) is 10.5 Å². The van der Waals surface area contributed by atoms with E-state index in [1.165, 1.54) is 7.05 Å². The molecule has 2 rings (SSSR count). The van der Waals surface area contributed by atoms with Crippen LogP contribution in [0.1, 0.15) is 37.1 Å². The van der Waals surface area contributed by atoms with Crippen LogP contribution in [-0.2, 0) is 17.9 Å². The molecule has 166 valence electrons. The van der Waals surface area contributed by atoms with Gasteiger partial charge in [0, 0.05) is 25.2 Å². The molecule has 2 amide bonds. The van der Waals surface area contributed by atoms with Gasteiger partial charge in [0.1, 0.15) is 6.61 Å². The molecule has 0 unspecified atom stereocenters. The maximum absolute atomic E-state index is 12.2. The summed E-state index contributed by atoms with van der Waals surface area (Å²) in [4.78, 5) is 12.2. The highest BCUT2D eigenvalue weighted by Gasteiger charge is 2.19. The van der Waals surface area contributed by atoms with E-state index in [4.69, 9.17) is 16.4 Å². The molecule has 4 N–H and O–H groups in total. The molecule has 1 aromatic carbocycles. The van der Waals surface area contributed by atoms with Gasteiger partial charge in [0.2, 0.25) is 5.90 Å². The van der Waals surface area contributed by atoms with Crippen LogP contribution >= 0.6 is 0 Å². The van der Waals surface area contributed by atoms with Gasteiger partial charge in [-0.15, -0.1) is 11.7 Å². The number of allylic oxidation sites excluding steroid dienone is 1. The van der Waals surface area contributed by atoms with Crippen LogP contribution in [0, 0.1) is 6.92 Å². The predicted molar refractivity (Wildman–Crippen MR) is 122 cm³/mol. The highest BCUT2D eigenvalue weighted by atomic mass is 16.5. The summed E-state index contributed by atoms with van der Waals surface area (Å²) in [5.41, 5.74) is 3.74. The minimum atomic E-state index is -0.549. The number of aryl methyl sites for hydroxylation is 1. The molecule has 0 atom stereocenters. The molecule has 10 nitrogen and oxygen atoms in total. The molecule has 1 aromatic heterocycles. The molecule has 10 heteroatoms. The van der Waals surface area contributed by atoms with E-state index >= 15 is 0 Å². The number of benzene rings is 1. The van der Waals surface area contributed by atoms with Gasteiger partial charge in [0.05, 0.1) is 23.6 Å². The predicted octanol–water partition coefficient (Wildman–Crippen LogP) is 2.73. The van der Waals surface area contributed by atoms with Gasteiger partial charge in [-0.1, -0.05) is 25.1 Å². The zero-order valence-electron chi connectivity index (χ0n) is 18.4. The van der Waals surface area contributed by atoms with E-state index in [1.807, 2.05) is 39.0 Å². The first kappa shape index (κ1) is 23.8. The summed E-state index contributed by atoms with van der Waals surface area (Å²) < 4.78 is 7.69. The molecule has 0 bridgehead atoms. The minimum Gasteiger partial charge on any atom is -0.475 e. The van der Waals surface area contributed by atoms with Gasteiger partial charge in [-0.25, -0.2) is 21.5 Å². The summed E-state index contributed by atoms with van der Waals surface area (Å²) >= 11 is 0. The number of nitrogens with two attached hydrogens (primary N) is 2. The number of hydrogen-bond donors (Lipinski definition) is 2. The molecule has 0 spiro atoms. The van der Waals surface area contributed by atoms with Gasteiger partial charge < -0.3 is 4.74 Å². The molecule has 1 heterocycles. The SMILES string of the molecule is C=CCn1nccc1/C(C)=N/N=C(CC)OCc1c(C)cccc1N(N)C(=O)N(C)N. The van der Waals surface area contributed by atoms with Crippen LogP contribution in [-0.4, -0.2) is 39.5 Å². The molecule has 0 aliphatic heterocycles. The van der Waals surface area contributed by atoms with Gasteiger partial charge >= 0.3 is 6.03 Å². The second-order valence-corrected chi connectivity index (χ2v) is 6.84. The molecule has 0 radical (unpaired) electrons. The highest BCUT2D eigenvalue weighted by Crippen LogP contribution is 2.24. The van der Waals surface area contributed by atoms with Crippen molar-refractivity contribution in [2.24, 2.45) is 21.9 Å². The fraction of sp³-hybridized carbons (Fsp3) is 0.333. The fourth-order valence-corrected chi connectivity index (χ4v) is 2.82. The Hall–Kier alpha value is -3.50. The van der Waals surface area contributed by atoms with E-state index in [-0.39, 0.29) is 6.61 Å². The Bertz CT molecular complexity index is 978. The van der Waals surface area contributed by atoms with Crippen molar-refractivity contribution in [2.75, 3.05) is 12.1 Å². The van der Waals surface area contributed by atoms with Crippen molar-refractivity contribution in [3.63, 3.8) is 0 Å². The van der Waals surface area contributed by atoms with Crippen molar-refractivity contribution >= 4 is 23.3 Å². The van der Waals surface area contributed by atoms with Crippen molar-refractivity contribution in [1.82, 2.24) is 14.8 Å². The van der Waals surface area contributed by atoms with Crippen molar-refractivity contribution in [3.05, 3.63) is 59.9 Å². The van der Waals surface area contributed by atoms with E-state index in [0.29, 0.717) is 30.3 Å². The molecule has 31 heavy (non-hydrogen) atoms. The Morgan fingerprint density at radius 1 is 1.32 bits per heavy atom. The third-order valence-electron chi connectivity index (χ3n) is 4.54. The first-order valence-electron chi connectivity index (χ1n) is 9.82. The Morgan fingerprint density at radius 3 is 2.71 bits per heavy atom. The topological polar surface area (TPSA) is 127 Å². The average Bonchev–Trinajstić information content (AvgIpc) is 3.21. The normalized spacial score (nSPS) is 11.9. The Kier molecular flexibility index (Phi) is 8.47. The molecule has 0 saturated carbocycles. The van der Waals surface area contributed by atoms with E-state index in [1.54, 1.807) is 23.0 Å². The second-order valence-electron chi connectivity index (χ2n) is 6.84. The van der Waals surface area contributed by atoms with Gasteiger partial charge in [0.25, 0.3) is 0 Å². The number of carbonyl (C=O) groups is 1. The molecule has 0 fully saturated rings. The molecular weight excluding hydrogens is 396 g/mol. The van der Waals surface area contributed by atoms with Gasteiger partial charge in [0.15, 0.2) is 0 Å². The average molecular weight is 427 g/mol. The monoisotopic (exact) mass is 426 g/mol. The van der Waals surface area contributed by atoms with Crippen LogP contribution in [0.3, 0.4) is 0 Å². The Labute approximate surface area is 182 Å². The lowest BCUT2D eigenvalue weighted by molar-refractivity contribution is 0.216. The van der Waals surface area contributed by atoms with Gasteiger partial charge in [-0.3, -0.25) is 9.69 Å².